The zero-order valence-corrected chi connectivity index (χ0v) is 15.3. The minimum absolute atomic E-state index is 0.0514. The van der Waals surface area contributed by atoms with Crippen LogP contribution in [0.2, 0.25) is 0 Å². The van der Waals surface area contributed by atoms with Crippen molar-refractivity contribution in [1.29, 1.82) is 0 Å². The molecule has 1 aliphatic rings. The predicted molar refractivity (Wildman–Crippen MR) is 103 cm³/mol. The number of hydrogen-bond donors (Lipinski definition) is 5. The molecule has 0 saturated heterocycles. The summed E-state index contributed by atoms with van der Waals surface area (Å²) in [7, 11) is 1.50. The molecule has 1 aromatic carbocycles. The number of hydrogen-bond acceptors (Lipinski definition) is 5. The van der Waals surface area contributed by atoms with E-state index in [1.54, 1.807) is 18.3 Å². The second-order valence-corrected chi connectivity index (χ2v) is 6.35. The van der Waals surface area contributed by atoms with Gasteiger partial charge in [-0.3, -0.25) is 4.79 Å². The van der Waals surface area contributed by atoms with E-state index in [1.165, 1.54) is 26.2 Å². The first-order valence-corrected chi connectivity index (χ1v) is 8.54. The van der Waals surface area contributed by atoms with Crippen LogP contribution in [0.15, 0.2) is 24.4 Å². The number of carbonyl (C=O) groups is 1. The van der Waals surface area contributed by atoms with Crippen LogP contribution in [0.25, 0.3) is 11.6 Å². The average molecular weight is 385 g/mol. The fourth-order valence-corrected chi connectivity index (χ4v) is 2.83. The molecule has 0 unspecified atom stereocenters. The van der Waals surface area contributed by atoms with Gasteiger partial charge in [0, 0.05) is 11.8 Å². The van der Waals surface area contributed by atoms with Gasteiger partial charge in [-0.25, -0.2) is 4.39 Å². The lowest BCUT2D eigenvalue weighted by Gasteiger charge is -2.16. The Balaban J connectivity index is 2.09. The molecule has 8 heteroatoms. The van der Waals surface area contributed by atoms with Crippen LogP contribution in [0, 0.1) is 17.7 Å². The van der Waals surface area contributed by atoms with E-state index in [4.69, 9.17) is 10.5 Å². The van der Waals surface area contributed by atoms with Gasteiger partial charge >= 0.3 is 0 Å². The second kappa shape index (κ2) is 7.86. The fraction of sp³-hybridized carbons (Fsp3) is 0.250. The molecule has 0 fully saturated rings. The van der Waals surface area contributed by atoms with Crippen LogP contribution in [0.5, 0.6) is 5.75 Å². The molecule has 3 rings (SSSR count). The van der Waals surface area contributed by atoms with Gasteiger partial charge in [-0.15, -0.1) is 0 Å². The number of aliphatic hydroxyl groups excluding tert-OH is 2. The van der Waals surface area contributed by atoms with E-state index in [-0.39, 0.29) is 16.7 Å². The highest BCUT2D eigenvalue weighted by Crippen LogP contribution is 2.37. The summed E-state index contributed by atoms with van der Waals surface area (Å²) in [5.41, 5.74) is 7.04. The maximum atomic E-state index is 14.5. The van der Waals surface area contributed by atoms with E-state index in [0.29, 0.717) is 17.1 Å². The van der Waals surface area contributed by atoms with Crippen LogP contribution in [-0.2, 0) is 4.79 Å². The number of nitrogens with two attached hydrogens (primary N) is 1. The van der Waals surface area contributed by atoms with Gasteiger partial charge in [-0.05, 0) is 31.2 Å². The first-order valence-electron chi connectivity index (χ1n) is 8.54. The summed E-state index contributed by atoms with van der Waals surface area (Å²) in [6.07, 6.45) is 0.840. The third kappa shape index (κ3) is 3.64. The number of rotatable bonds is 4. The van der Waals surface area contributed by atoms with Crippen LogP contribution >= 0.6 is 0 Å². The highest BCUT2D eigenvalue weighted by molar-refractivity contribution is 6.35. The van der Waals surface area contributed by atoms with Crippen molar-refractivity contribution in [3.05, 3.63) is 47.0 Å². The fourth-order valence-electron chi connectivity index (χ4n) is 2.83. The van der Waals surface area contributed by atoms with E-state index in [9.17, 15) is 19.4 Å². The van der Waals surface area contributed by atoms with Crippen LogP contribution in [-0.4, -0.2) is 46.5 Å². The highest BCUT2D eigenvalue weighted by Gasteiger charge is 2.29. The number of H-pyrrole nitrogens is 1. The lowest BCUT2D eigenvalue weighted by atomic mass is 9.98. The summed E-state index contributed by atoms with van der Waals surface area (Å²) in [6, 6.07) is 3.31. The Kier molecular flexibility index (Phi) is 5.51. The highest BCUT2D eigenvalue weighted by atomic mass is 19.1. The Morgan fingerprint density at radius 1 is 1.32 bits per heavy atom. The Morgan fingerprint density at radius 3 is 2.75 bits per heavy atom. The minimum Gasteiger partial charge on any atom is -0.495 e. The van der Waals surface area contributed by atoms with Gasteiger partial charge in [0.05, 0.1) is 41.8 Å². The summed E-state index contributed by atoms with van der Waals surface area (Å²) < 4.78 is 19.7. The number of carbonyl (C=O) groups excluding carboxylic acids is 1. The maximum Gasteiger partial charge on any atom is 0.256 e. The molecule has 28 heavy (non-hydrogen) atoms. The summed E-state index contributed by atoms with van der Waals surface area (Å²) >= 11 is 0. The zero-order valence-electron chi connectivity index (χ0n) is 15.3. The van der Waals surface area contributed by atoms with Gasteiger partial charge < -0.3 is 31.0 Å². The molecule has 2 aromatic rings. The summed E-state index contributed by atoms with van der Waals surface area (Å²) in [5, 5.41) is 22.1. The number of aliphatic hydroxyl groups is 2. The number of amides is 1. The van der Waals surface area contributed by atoms with Crippen LogP contribution < -0.4 is 15.8 Å². The van der Waals surface area contributed by atoms with Gasteiger partial charge in [0.2, 0.25) is 0 Å². The van der Waals surface area contributed by atoms with E-state index >= 15 is 0 Å². The molecule has 0 aliphatic carbocycles. The van der Waals surface area contributed by atoms with Gasteiger partial charge in [0.15, 0.2) is 0 Å². The molecular formula is C20H20FN3O4. The number of methoxy groups -OCH3 is 1. The second-order valence-electron chi connectivity index (χ2n) is 6.35. The standard InChI is InChI=1S/C20H20FN3O4/c1-10(25)19(22)16(26)6-3-11-13(21)4-5-14-18(11)12(20(27)24-14)9-15-17(28-2)7-8-23-15/h4-5,7-10,16,19,23,25-26H,22H2,1-2H3,(H,24,27)/b12-9-/t10-,16-,19+/m1/s1. The summed E-state index contributed by atoms with van der Waals surface area (Å²) in [6.45, 7) is 1.42. The molecule has 7 nitrogen and oxygen atoms in total. The number of anilines is 1. The number of halogens is 1. The van der Waals surface area contributed by atoms with Crippen molar-refractivity contribution in [2.45, 2.75) is 25.2 Å². The molecule has 6 N–H and O–H groups in total. The zero-order chi connectivity index (χ0) is 20.4. The van der Waals surface area contributed by atoms with Crippen LogP contribution in [0.4, 0.5) is 10.1 Å². The van der Waals surface area contributed by atoms with Gasteiger partial charge in [0.1, 0.15) is 17.7 Å². The number of aromatic amines is 1. The van der Waals surface area contributed by atoms with Crippen LogP contribution in [0.3, 0.4) is 0 Å². The Labute approximate surface area is 161 Å². The van der Waals surface area contributed by atoms with Crippen molar-refractivity contribution in [2.75, 3.05) is 12.4 Å². The molecule has 3 atom stereocenters. The predicted octanol–water partition coefficient (Wildman–Crippen LogP) is 1.08. The van der Waals surface area contributed by atoms with E-state index in [0.717, 1.165) is 0 Å². The minimum atomic E-state index is -1.36. The topological polar surface area (TPSA) is 121 Å². The third-order valence-electron chi connectivity index (χ3n) is 4.43. The first kappa shape index (κ1) is 19.6. The van der Waals surface area contributed by atoms with Gasteiger partial charge in [0.25, 0.3) is 5.91 Å². The number of aromatic nitrogens is 1. The van der Waals surface area contributed by atoms with E-state index in [2.05, 4.69) is 22.1 Å². The Morgan fingerprint density at radius 2 is 2.07 bits per heavy atom. The van der Waals surface area contributed by atoms with Crippen molar-refractivity contribution in [2.24, 2.45) is 5.73 Å². The molecule has 1 aromatic heterocycles. The lowest BCUT2D eigenvalue weighted by Crippen LogP contribution is -2.42. The van der Waals surface area contributed by atoms with Crippen molar-refractivity contribution >= 4 is 23.2 Å². The monoisotopic (exact) mass is 385 g/mol. The average Bonchev–Trinajstić information content (AvgIpc) is 3.24. The van der Waals surface area contributed by atoms with Gasteiger partial charge in [-0.2, -0.15) is 0 Å². The van der Waals surface area contributed by atoms with Crippen LogP contribution in [0.1, 0.15) is 23.7 Å². The number of fused-ring (bicyclic) bond motifs is 1. The van der Waals surface area contributed by atoms with E-state index < -0.39 is 30.0 Å². The van der Waals surface area contributed by atoms with Crippen molar-refractivity contribution < 1.29 is 24.1 Å². The normalized spacial score (nSPS) is 17.4. The molecule has 1 amide bonds. The van der Waals surface area contributed by atoms with E-state index in [1.807, 2.05) is 0 Å². The molecule has 0 radical (unpaired) electrons. The number of nitrogens with one attached hydrogen (secondary N) is 2. The quantitative estimate of drug-likeness (QED) is 0.398. The smallest absolute Gasteiger partial charge is 0.256 e. The summed E-state index contributed by atoms with van der Waals surface area (Å²) in [4.78, 5) is 15.4. The SMILES string of the molecule is COc1cc[nH]c1/C=C1\C(=O)Nc2ccc(F)c(C#C[C@@H](O)[C@@H](N)[C@@H](C)O)c21. The van der Waals surface area contributed by atoms with Crippen molar-refractivity contribution in [1.82, 2.24) is 4.98 Å². The Hall–Kier alpha value is -3.12. The van der Waals surface area contributed by atoms with Crippen molar-refractivity contribution in [3.63, 3.8) is 0 Å². The lowest BCUT2D eigenvalue weighted by molar-refractivity contribution is -0.110. The maximum absolute atomic E-state index is 14.5. The molecule has 0 spiro atoms. The molecular weight excluding hydrogens is 365 g/mol. The molecule has 2 heterocycles. The third-order valence-corrected chi connectivity index (χ3v) is 4.43. The van der Waals surface area contributed by atoms with Gasteiger partial charge in [-0.1, -0.05) is 11.8 Å². The largest absolute Gasteiger partial charge is 0.495 e. The van der Waals surface area contributed by atoms with Crippen molar-refractivity contribution in [3.8, 4) is 17.6 Å². The molecule has 1 aliphatic heterocycles. The molecule has 0 saturated carbocycles. The Bertz CT molecular complexity index is 1000. The number of benzene rings is 1. The molecule has 146 valence electrons. The summed E-state index contributed by atoms with van der Waals surface area (Å²) in [5.74, 6) is 4.48. The number of ether oxygens (including phenoxy) is 1. The first-order chi connectivity index (χ1) is 13.3. The molecule has 0 bridgehead atoms.